The molecule has 0 aliphatic heterocycles. The molecule has 0 spiro atoms. The van der Waals surface area contributed by atoms with Crippen molar-refractivity contribution in [3.05, 3.63) is 70.5 Å². The monoisotopic (exact) mass is 479 g/mol. The van der Waals surface area contributed by atoms with Crippen LogP contribution >= 0.6 is 11.6 Å². The minimum absolute atomic E-state index is 0.108. The number of benzene rings is 2. The molecule has 1 heterocycles. The second kappa shape index (κ2) is 11.5. The Labute approximate surface area is 193 Å². The molecular formula is C22H21ClF3N5O2. The second-order valence-corrected chi connectivity index (χ2v) is 7.19. The van der Waals surface area contributed by atoms with Gasteiger partial charge in [-0.05, 0) is 43.7 Å². The van der Waals surface area contributed by atoms with Gasteiger partial charge >= 0.3 is 0 Å². The van der Waals surface area contributed by atoms with Crippen molar-refractivity contribution >= 4 is 29.3 Å². The van der Waals surface area contributed by atoms with Gasteiger partial charge in [-0.2, -0.15) is 5.10 Å². The van der Waals surface area contributed by atoms with Gasteiger partial charge in [-0.3, -0.25) is 20.2 Å². The first-order valence-corrected chi connectivity index (χ1v) is 10.4. The van der Waals surface area contributed by atoms with Crippen molar-refractivity contribution < 1.29 is 22.7 Å². The van der Waals surface area contributed by atoms with Gasteiger partial charge in [0, 0.05) is 35.9 Å². The smallest absolute Gasteiger partial charge is 0.258 e. The fraction of sp³-hybridized carbons (Fsp3) is 0.227. The number of amides is 1. The van der Waals surface area contributed by atoms with E-state index in [0.717, 1.165) is 18.2 Å². The van der Waals surface area contributed by atoms with E-state index in [4.69, 9.17) is 16.3 Å². The van der Waals surface area contributed by atoms with E-state index in [2.05, 4.69) is 25.8 Å². The largest absolute Gasteiger partial charge is 0.382 e. The molecule has 0 aliphatic carbocycles. The summed E-state index contributed by atoms with van der Waals surface area (Å²) in [5.41, 5.74) is 0.484. The van der Waals surface area contributed by atoms with Gasteiger partial charge in [-0.1, -0.05) is 23.7 Å². The Hall–Kier alpha value is -3.37. The number of carbonyl (C=O) groups is 1. The molecule has 0 unspecified atom stereocenters. The highest BCUT2D eigenvalue weighted by atomic mass is 35.5. The van der Waals surface area contributed by atoms with Crippen LogP contribution in [0.2, 0.25) is 5.02 Å². The number of aromatic amines is 1. The van der Waals surface area contributed by atoms with Crippen LogP contribution in [0.15, 0.2) is 47.5 Å². The molecule has 0 atom stereocenters. The zero-order valence-corrected chi connectivity index (χ0v) is 18.3. The molecule has 1 aromatic heterocycles. The van der Waals surface area contributed by atoms with Gasteiger partial charge in [0.1, 0.15) is 5.69 Å². The first-order valence-electron chi connectivity index (χ1n) is 10.0. The van der Waals surface area contributed by atoms with Crippen molar-refractivity contribution in [2.45, 2.75) is 13.3 Å². The zero-order chi connectivity index (χ0) is 23.8. The maximum absolute atomic E-state index is 15.0. The maximum Gasteiger partial charge on any atom is 0.258 e. The van der Waals surface area contributed by atoms with Gasteiger partial charge in [-0.15, -0.1) is 0 Å². The van der Waals surface area contributed by atoms with Crippen LogP contribution in [-0.2, 0) is 4.74 Å². The number of nitrogens with one attached hydrogen (secondary N) is 3. The number of hydrogen-bond donors (Lipinski definition) is 3. The highest BCUT2D eigenvalue weighted by Gasteiger charge is 2.18. The normalized spacial score (nSPS) is 11.5. The van der Waals surface area contributed by atoms with E-state index in [-0.39, 0.29) is 29.6 Å². The molecule has 3 N–H and O–H groups in total. The molecule has 33 heavy (non-hydrogen) atoms. The minimum atomic E-state index is -1.17. The lowest BCUT2D eigenvalue weighted by atomic mass is 10.1. The molecule has 11 heteroatoms. The molecule has 3 aromatic rings. The average Bonchev–Trinajstić information content (AvgIpc) is 3.15. The van der Waals surface area contributed by atoms with Gasteiger partial charge < -0.3 is 10.1 Å². The molecule has 3 rings (SSSR count). The Bertz CT molecular complexity index is 1140. The summed E-state index contributed by atoms with van der Waals surface area (Å²) in [6, 6.07) is 9.17. The number of carbonyl (C=O) groups excluding carboxylic acids is 1. The van der Waals surface area contributed by atoms with Crippen molar-refractivity contribution in [1.82, 2.24) is 15.5 Å². The van der Waals surface area contributed by atoms with Crippen LogP contribution in [-0.4, -0.2) is 41.8 Å². The Morgan fingerprint density at radius 1 is 1.15 bits per heavy atom. The number of H-pyrrole nitrogens is 1. The molecule has 0 fully saturated rings. The third-order valence-electron chi connectivity index (χ3n) is 4.41. The Morgan fingerprint density at radius 2 is 1.91 bits per heavy atom. The van der Waals surface area contributed by atoms with Crippen LogP contribution in [0.25, 0.3) is 11.3 Å². The number of rotatable bonds is 8. The number of ether oxygens (including phenoxy) is 1. The summed E-state index contributed by atoms with van der Waals surface area (Å²) in [6.07, 6.45) is 0.541. The van der Waals surface area contributed by atoms with E-state index < -0.39 is 23.4 Å². The fourth-order valence-electron chi connectivity index (χ4n) is 2.76. The summed E-state index contributed by atoms with van der Waals surface area (Å²) in [4.78, 5) is 16.7. The van der Waals surface area contributed by atoms with E-state index in [0.29, 0.717) is 30.2 Å². The fourth-order valence-corrected chi connectivity index (χ4v) is 2.89. The van der Waals surface area contributed by atoms with Crippen LogP contribution in [0, 0.1) is 17.5 Å². The molecule has 0 radical (unpaired) electrons. The molecule has 1 amide bonds. The Balaban J connectivity index is 1.79. The average molecular weight is 480 g/mol. The summed E-state index contributed by atoms with van der Waals surface area (Å²) in [6.45, 7) is 3.10. The molecule has 2 aromatic carbocycles. The molecule has 7 nitrogen and oxygen atoms in total. The number of halogens is 4. The van der Waals surface area contributed by atoms with E-state index in [1.807, 2.05) is 6.92 Å². The van der Waals surface area contributed by atoms with Crippen molar-refractivity contribution in [2.24, 2.45) is 4.99 Å². The quantitative estimate of drug-likeness (QED) is 0.246. The van der Waals surface area contributed by atoms with Crippen LogP contribution in [0.5, 0.6) is 0 Å². The van der Waals surface area contributed by atoms with Gasteiger partial charge in [0.05, 0.1) is 0 Å². The van der Waals surface area contributed by atoms with Crippen LogP contribution < -0.4 is 10.6 Å². The van der Waals surface area contributed by atoms with Crippen LogP contribution in [0.3, 0.4) is 0 Å². The molecule has 0 saturated heterocycles. The van der Waals surface area contributed by atoms with Crippen molar-refractivity contribution in [2.75, 3.05) is 25.1 Å². The summed E-state index contributed by atoms with van der Waals surface area (Å²) in [5.74, 6) is -4.05. The summed E-state index contributed by atoms with van der Waals surface area (Å²) < 4.78 is 46.9. The third kappa shape index (κ3) is 6.56. The predicted octanol–water partition coefficient (Wildman–Crippen LogP) is 4.77. The standard InChI is InChI=1S/C22H21ClF3N5O2/c1-2-33-11-3-10-27-22(29-21(32)14-6-9-16(24)17(25)12-14)28-20-18(26)19(30-31-20)13-4-7-15(23)8-5-13/h4-9,12H,2-3,10-11H2,1H3,(H3,27,28,29,30,31,32). The first kappa shape index (κ1) is 24.3. The summed E-state index contributed by atoms with van der Waals surface area (Å²) in [5, 5.41) is 12.1. The molecular weight excluding hydrogens is 459 g/mol. The van der Waals surface area contributed by atoms with Gasteiger partial charge in [0.2, 0.25) is 5.96 Å². The van der Waals surface area contributed by atoms with E-state index in [1.54, 1.807) is 24.3 Å². The number of anilines is 1. The lowest BCUT2D eigenvalue weighted by Gasteiger charge is -2.10. The second-order valence-electron chi connectivity index (χ2n) is 6.76. The lowest BCUT2D eigenvalue weighted by Crippen LogP contribution is -2.36. The van der Waals surface area contributed by atoms with Gasteiger partial charge in [0.15, 0.2) is 23.3 Å². The number of nitrogens with zero attached hydrogens (tertiary/aromatic N) is 2. The third-order valence-corrected chi connectivity index (χ3v) is 4.66. The molecule has 0 saturated carbocycles. The molecule has 0 aliphatic rings. The summed E-state index contributed by atoms with van der Waals surface area (Å²) >= 11 is 5.87. The SMILES string of the molecule is CCOCCCN=C(NC(=O)c1ccc(F)c(F)c1)Nc1n[nH]c(-c2ccc(Cl)cc2)c1F. The minimum Gasteiger partial charge on any atom is -0.382 e. The summed E-state index contributed by atoms with van der Waals surface area (Å²) in [7, 11) is 0. The Morgan fingerprint density at radius 3 is 2.61 bits per heavy atom. The van der Waals surface area contributed by atoms with Crippen molar-refractivity contribution in [3.8, 4) is 11.3 Å². The van der Waals surface area contributed by atoms with E-state index in [1.165, 1.54) is 0 Å². The highest BCUT2D eigenvalue weighted by molar-refractivity contribution is 6.30. The van der Waals surface area contributed by atoms with E-state index in [9.17, 15) is 18.0 Å². The lowest BCUT2D eigenvalue weighted by molar-refractivity contribution is 0.0976. The number of aromatic nitrogens is 2. The predicted molar refractivity (Wildman–Crippen MR) is 120 cm³/mol. The highest BCUT2D eigenvalue weighted by Crippen LogP contribution is 2.26. The molecule has 0 bridgehead atoms. The van der Waals surface area contributed by atoms with Crippen molar-refractivity contribution in [3.63, 3.8) is 0 Å². The number of guanidine groups is 1. The van der Waals surface area contributed by atoms with E-state index >= 15 is 0 Å². The maximum atomic E-state index is 15.0. The topological polar surface area (TPSA) is 91.4 Å². The molecule has 174 valence electrons. The van der Waals surface area contributed by atoms with Crippen molar-refractivity contribution in [1.29, 1.82) is 0 Å². The Kier molecular flexibility index (Phi) is 8.45. The van der Waals surface area contributed by atoms with Gasteiger partial charge in [-0.25, -0.2) is 13.2 Å². The van der Waals surface area contributed by atoms with Gasteiger partial charge in [0.25, 0.3) is 5.91 Å². The zero-order valence-electron chi connectivity index (χ0n) is 17.6. The van der Waals surface area contributed by atoms with Crippen LogP contribution in [0.1, 0.15) is 23.7 Å². The number of aliphatic imine (C=N–C) groups is 1. The first-order chi connectivity index (χ1) is 15.9. The van der Waals surface area contributed by atoms with Crippen LogP contribution in [0.4, 0.5) is 19.0 Å². The number of hydrogen-bond acceptors (Lipinski definition) is 4.